The molecule has 0 aliphatic carbocycles. The molecule has 2 aromatic rings. The van der Waals surface area contributed by atoms with Crippen LogP contribution in [0.25, 0.3) is 0 Å². The zero-order valence-electron chi connectivity index (χ0n) is 11.2. The van der Waals surface area contributed by atoms with Crippen molar-refractivity contribution in [1.82, 2.24) is 9.78 Å². The Morgan fingerprint density at radius 1 is 1.36 bits per heavy atom. The summed E-state index contributed by atoms with van der Waals surface area (Å²) < 4.78 is 15.0. The lowest BCUT2D eigenvalue weighted by Gasteiger charge is -2.13. The Kier molecular flexibility index (Phi) is 4.97. The number of halogens is 3. The van der Waals surface area contributed by atoms with E-state index in [2.05, 4.69) is 42.3 Å². The molecule has 0 bridgehead atoms. The van der Waals surface area contributed by atoms with Crippen molar-refractivity contribution >= 4 is 49.4 Å². The quantitative estimate of drug-likeness (QED) is 0.771. The average Bonchev–Trinajstić information content (AvgIpc) is 2.90. The summed E-state index contributed by atoms with van der Waals surface area (Å²) in [4.78, 5) is 23.3. The van der Waals surface area contributed by atoms with Crippen molar-refractivity contribution in [1.29, 1.82) is 0 Å². The molecule has 0 saturated carbocycles. The van der Waals surface area contributed by atoms with Crippen molar-refractivity contribution in [3.05, 3.63) is 44.9 Å². The van der Waals surface area contributed by atoms with Gasteiger partial charge in [-0.2, -0.15) is 5.10 Å². The number of carbonyl (C=O) groups is 2. The zero-order valence-corrected chi connectivity index (χ0v) is 14.4. The zero-order chi connectivity index (χ0) is 16.4. The fourth-order valence-corrected chi connectivity index (χ4v) is 3.08. The predicted molar refractivity (Wildman–Crippen MR) is 84.3 cm³/mol. The van der Waals surface area contributed by atoms with Gasteiger partial charge in [0.25, 0.3) is 5.91 Å². The summed E-state index contributed by atoms with van der Waals surface area (Å²) in [5.41, 5.74) is 0.417. The summed E-state index contributed by atoms with van der Waals surface area (Å²) in [7, 11) is 0. The first-order chi connectivity index (χ1) is 10.3. The number of aliphatic carboxylic acids is 1. The predicted octanol–water partition coefficient (Wildman–Crippen LogP) is 3.45. The van der Waals surface area contributed by atoms with Crippen LogP contribution in [-0.4, -0.2) is 26.8 Å². The van der Waals surface area contributed by atoms with E-state index < -0.39 is 23.7 Å². The number of benzene rings is 1. The lowest BCUT2D eigenvalue weighted by Crippen LogP contribution is -2.24. The van der Waals surface area contributed by atoms with Crippen molar-refractivity contribution in [2.24, 2.45) is 0 Å². The van der Waals surface area contributed by atoms with Gasteiger partial charge in [-0.15, -0.1) is 0 Å². The molecular weight excluding hydrogens is 425 g/mol. The van der Waals surface area contributed by atoms with E-state index in [4.69, 9.17) is 5.11 Å². The molecule has 2 rings (SSSR count). The van der Waals surface area contributed by atoms with Gasteiger partial charge in [0.2, 0.25) is 0 Å². The van der Waals surface area contributed by atoms with Crippen molar-refractivity contribution < 1.29 is 19.1 Å². The van der Waals surface area contributed by atoms with Gasteiger partial charge in [-0.05, 0) is 57.0 Å². The molecule has 6 nitrogen and oxygen atoms in total. The molecule has 1 aromatic carbocycles. The molecule has 2 N–H and O–H groups in total. The minimum absolute atomic E-state index is 0.0815. The summed E-state index contributed by atoms with van der Waals surface area (Å²) >= 11 is 6.32. The number of amides is 1. The Hall–Kier alpha value is -1.74. The van der Waals surface area contributed by atoms with E-state index in [-0.39, 0.29) is 5.69 Å². The minimum Gasteiger partial charge on any atom is -0.480 e. The monoisotopic (exact) mass is 433 g/mol. The first-order valence-corrected chi connectivity index (χ1v) is 7.62. The lowest BCUT2D eigenvalue weighted by atomic mass is 10.3. The Bertz CT molecular complexity index is 725. The van der Waals surface area contributed by atoms with E-state index in [9.17, 15) is 14.0 Å². The highest BCUT2D eigenvalue weighted by Crippen LogP contribution is 2.32. The van der Waals surface area contributed by atoms with Crippen molar-refractivity contribution in [3.8, 4) is 0 Å². The van der Waals surface area contributed by atoms with Crippen LogP contribution < -0.4 is 5.32 Å². The van der Waals surface area contributed by atoms with E-state index in [0.29, 0.717) is 14.6 Å². The van der Waals surface area contributed by atoms with Crippen LogP contribution in [0.4, 0.5) is 10.1 Å². The number of carboxylic acid groups (broad SMARTS) is 1. The van der Waals surface area contributed by atoms with Gasteiger partial charge in [0, 0.05) is 15.1 Å². The lowest BCUT2D eigenvalue weighted by molar-refractivity contribution is -0.140. The van der Waals surface area contributed by atoms with E-state index in [1.165, 1.54) is 31.3 Å². The maximum absolute atomic E-state index is 13.2. The largest absolute Gasteiger partial charge is 0.480 e. The van der Waals surface area contributed by atoms with Gasteiger partial charge < -0.3 is 10.4 Å². The van der Waals surface area contributed by atoms with E-state index in [0.717, 1.165) is 4.68 Å². The van der Waals surface area contributed by atoms with Gasteiger partial charge in [0.15, 0.2) is 0 Å². The number of carboxylic acids is 1. The molecule has 1 amide bonds. The number of nitrogens with one attached hydrogen (secondary N) is 1. The second kappa shape index (κ2) is 6.57. The number of nitrogens with zero attached hydrogens (tertiary/aromatic N) is 2. The summed E-state index contributed by atoms with van der Waals surface area (Å²) in [5.74, 6) is -2.14. The molecule has 1 heterocycles. The number of hydrogen-bond acceptors (Lipinski definition) is 3. The summed E-state index contributed by atoms with van der Waals surface area (Å²) in [6, 6.07) is 2.82. The molecule has 9 heteroatoms. The molecule has 0 saturated heterocycles. The highest BCUT2D eigenvalue weighted by molar-refractivity contribution is 9.11. The van der Waals surface area contributed by atoms with Crippen LogP contribution >= 0.6 is 31.9 Å². The van der Waals surface area contributed by atoms with Gasteiger partial charge in [0.05, 0.1) is 5.69 Å². The fourth-order valence-electron chi connectivity index (χ4n) is 1.75. The Labute approximate surface area is 141 Å². The molecule has 0 aliphatic rings. The number of carbonyl (C=O) groups excluding carboxylic acids is 1. The maximum atomic E-state index is 13.2. The Morgan fingerprint density at radius 2 is 1.95 bits per heavy atom. The number of rotatable bonds is 4. The molecule has 1 atom stereocenters. The van der Waals surface area contributed by atoms with Crippen LogP contribution in [-0.2, 0) is 4.79 Å². The smallest absolute Gasteiger partial charge is 0.328 e. The molecule has 0 aliphatic heterocycles. The van der Waals surface area contributed by atoms with E-state index in [1.807, 2.05) is 0 Å². The van der Waals surface area contributed by atoms with Crippen LogP contribution in [0, 0.1) is 5.82 Å². The molecule has 116 valence electrons. The van der Waals surface area contributed by atoms with Crippen molar-refractivity contribution in [3.63, 3.8) is 0 Å². The van der Waals surface area contributed by atoms with Crippen molar-refractivity contribution in [2.75, 3.05) is 5.32 Å². The SMILES string of the molecule is CC(C(=O)O)n1nccc1C(=O)Nc1c(Br)cc(F)cc1Br. The maximum Gasteiger partial charge on any atom is 0.328 e. The van der Waals surface area contributed by atoms with Crippen LogP contribution in [0.2, 0.25) is 0 Å². The third kappa shape index (κ3) is 3.36. The van der Waals surface area contributed by atoms with Crippen molar-refractivity contribution in [2.45, 2.75) is 13.0 Å². The molecule has 1 unspecified atom stereocenters. The molecule has 22 heavy (non-hydrogen) atoms. The molecule has 0 radical (unpaired) electrons. The van der Waals surface area contributed by atoms with Crippen LogP contribution in [0.3, 0.4) is 0 Å². The van der Waals surface area contributed by atoms with Gasteiger partial charge in [-0.3, -0.25) is 4.79 Å². The number of hydrogen-bond donors (Lipinski definition) is 2. The normalized spacial score (nSPS) is 12.0. The van der Waals surface area contributed by atoms with Crippen LogP contribution in [0.5, 0.6) is 0 Å². The minimum atomic E-state index is -1.11. The Balaban J connectivity index is 2.32. The molecule has 0 spiro atoms. The van der Waals surface area contributed by atoms with Gasteiger partial charge in [-0.25, -0.2) is 13.9 Å². The standard InChI is InChI=1S/C13H10Br2FN3O3/c1-6(13(21)22)19-10(2-3-17-19)12(20)18-11-8(14)4-7(16)5-9(11)15/h2-6H,1H3,(H,18,20)(H,21,22). The van der Waals surface area contributed by atoms with E-state index >= 15 is 0 Å². The van der Waals surface area contributed by atoms with Gasteiger partial charge >= 0.3 is 5.97 Å². The van der Waals surface area contributed by atoms with Gasteiger partial charge in [-0.1, -0.05) is 0 Å². The molecule has 0 fully saturated rings. The topological polar surface area (TPSA) is 84.2 Å². The summed E-state index contributed by atoms with van der Waals surface area (Å²) in [6.07, 6.45) is 1.34. The second-order valence-corrected chi connectivity index (χ2v) is 6.08. The first kappa shape index (κ1) is 16.6. The second-order valence-electron chi connectivity index (χ2n) is 4.37. The molecule has 1 aromatic heterocycles. The summed E-state index contributed by atoms with van der Waals surface area (Å²) in [5, 5.41) is 15.5. The summed E-state index contributed by atoms with van der Waals surface area (Å²) in [6.45, 7) is 1.41. The van der Waals surface area contributed by atoms with Crippen LogP contribution in [0.1, 0.15) is 23.5 Å². The third-order valence-corrected chi connectivity index (χ3v) is 4.12. The van der Waals surface area contributed by atoms with Crippen LogP contribution in [0.15, 0.2) is 33.3 Å². The number of anilines is 1. The molecular formula is C13H10Br2FN3O3. The first-order valence-electron chi connectivity index (χ1n) is 6.03. The highest BCUT2D eigenvalue weighted by Gasteiger charge is 2.22. The van der Waals surface area contributed by atoms with E-state index in [1.54, 1.807) is 0 Å². The third-order valence-electron chi connectivity index (χ3n) is 2.87. The van der Waals surface area contributed by atoms with Gasteiger partial charge in [0.1, 0.15) is 17.6 Å². The Morgan fingerprint density at radius 3 is 2.50 bits per heavy atom. The number of aromatic nitrogens is 2. The average molecular weight is 435 g/mol. The highest BCUT2D eigenvalue weighted by atomic mass is 79.9. The fraction of sp³-hybridized carbons (Fsp3) is 0.154.